The number of nitrogen functional groups attached to an aromatic ring is 1. The average Bonchev–Trinajstić information content (AvgIpc) is 2.89. The smallest absolute Gasteiger partial charge is 0.387 e. The number of aliphatic hydroxyl groups excluding tert-OH is 2. The number of nitrogens with two attached hydrogens (primary N) is 1. The minimum atomic E-state index is -4.73. The molecule has 1 aromatic rings. The molecule has 1 saturated heterocycles. The molecule has 1 aliphatic rings. The minimum absolute atomic E-state index is 0.0645. The fourth-order valence-electron chi connectivity index (χ4n) is 1.93. The van der Waals surface area contributed by atoms with Gasteiger partial charge >= 0.3 is 7.82 Å². The van der Waals surface area contributed by atoms with E-state index in [0.717, 1.165) is 10.9 Å². The first-order valence-corrected chi connectivity index (χ1v) is 7.21. The number of nitrogens with zero attached hydrogens (tertiary/aromatic N) is 3. The normalized spacial score (nSPS) is 29.5. The van der Waals surface area contributed by atoms with E-state index in [1.165, 1.54) is 0 Å². The maximum atomic E-state index is 10.6. The highest BCUT2D eigenvalue weighted by molar-refractivity contribution is 7.46. The second-order valence-electron chi connectivity index (χ2n) is 4.33. The first kappa shape index (κ1) is 15.9. The van der Waals surface area contributed by atoms with Crippen LogP contribution in [-0.2, 0) is 13.8 Å². The van der Waals surface area contributed by atoms with Gasteiger partial charge in [-0.1, -0.05) is 0 Å². The predicted octanol–water partition coefficient (Wildman–Crippen LogP) is -1.93. The van der Waals surface area contributed by atoms with Crippen LogP contribution in [0.15, 0.2) is 6.33 Å². The quantitative estimate of drug-likeness (QED) is 0.391. The third-order valence-electron chi connectivity index (χ3n) is 2.96. The molecule has 1 fully saturated rings. The Labute approximate surface area is 118 Å². The van der Waals surface area contributed by atoms with Crippen molar-refractivity contribution in [1.82, 2.24) is 9.55 Å². The zero-order valence-corrected chi connectivity index (χ0v) is 11.4. The molecule has 12 heteroatoms. The number of rotatable bonds is 4. The Morgan fingerprint density at radius 2 is 2.19 bits per heavy atom. The van der Waals surface area contributed by atoms with Gasteiger partial charge in [0.15, 0.2) is 11.9 Å². The number of nitriles is 1. The molecular formula is C9H13N4O7P. The van der Waals surface area contributed by atoms with Crippen LogP contribution in [0.5, 0.6) is 0 Å². The van der Waals surface area contributed by atoms with Crippen molar-refractivity contribution >= 4 is 13.6 Å². The van der Waals surface area contributed by atoms with Gasteiger partial charge in [0.1, 0.15) is 36.5 Å². The highest BCUT2D eigenvalue weighted by Gasteiger charge is 2.45. The lowest BCUT2D eigenvalue weighted by molar-refractivity contribution is -0.0510. The van der Waals surface area contributed by atoms with Gasteiger partial charge in [0.2, 0.25) is 0 Å². The Kier molecular flexibility index (Phi) is 4.31. The van der Waals surface area contributed by atoms with Gasteiger partial charge in [-0.25, -0.2) is 9.55 Å². The first-order valence-electron chi connectivity index (χ1n) is 5.68. The summed E-state index contributed by atoms with van der Waals surface area (Å²) in [5.74, 6) is -0.0645. The number of phosphoric acid groups is 1. The van der Waals surface area contributed by atoms with E-state index < -0.39 is 39.0 Å². The SMILES string of the molecule is N#Cc1ncn([C@@H]2O[C@H](COP(=O)(O)O)[C@@H](O)[C@H]2O)c1N. The van der Waals surface area contributed by atoms with Gasteiger partial charge in [-0.2, -0.15) is 5.26 Å². The van der Waals surface area contributed by atoms with E-state index in [4.69, 9.17) is 25.5 Å². The average molecular weight is 320 g/mol. The zero-order valence-electron chi connectivity index (χ0n) is 10.5. The highest BCUT2D eigenvalue weighted by Crippen LogP contribution is 2.38. The van der Waals surface area contributed by atoms with Gasteiger partial charge in [0.05, 0.1) is 6.61 Å². The number of ether oxygens (including phenoxy) is 1. The molecule has 0 aliphatic carbocycles. The Morgan fingerprint density at radius 3 is 2.71 bits per heavy atom. The number of aliphatic hydroxyl groups is 2. The van der Waals surface area contributed by atoms with Crippen molar-refractivity contribution in [2.24, 2.45) is 0 Å². The van der Waals surface area contributed by atoms with E-state index in [2.05, 4.69) is 9.51 Å². The maximum Gasteiger partial charge on any atom is 0.469 e. The van der Waals surface area contributed by atoms with E-state index in [-0.39, 0.29) is 11.5 Å². The predicted molar refractivity (Wildman–Crippen MR) is 65.3 cm³/mol. The van der Waals surface area contributed by atoms with Crippen molar-refractivity contribution in [1.29, 1.82) is 5.26 Å². The van der Waals surface area contributed by atoms with Crippen LogP contribution in [0.25, 0.3) is 0 Å². The van der Waals surface area contributed by atoms with Crippen molar-refractivity contribution in [2.45, 2.75) is 24.5 Å². The van der Waals surface area contributed by atoms with Gasteiger partial charge < -0.3 is 30.5 Å². The molecule has 6 N–H and O–H groups in total. The second-order valence-corrected chi connectivity index (χ2v) is 5.57. The van der Waals surface area contributed by atoms with Crippen molar-refractivity contribution in [2.75, 3.05) is 12.3 Å². The number of imidazole rings is 1. The molecule has 0 bridgehead atoms. The highest BCUT2D eigenvalue weighted by atomic mass is 31.2. The summed E-state index contributed by atoms with van der Waals surface area (Å²) in [6.07, 6.45) is -4.06. The number of anilines is 1. The first-order chi connectivity index (χ1) is 9.74. The van der Waals surface area contributed by atoms with E-state index in [0.29, 0.717) is 0 Å². The molecule has 1 aliphatic heterocycles. The lowest BCUT2D eigenvalue weighted by Gasteiger charge is -2.17. The van der Waals surface area contributed by atoms with Crippen LogP contribution in [0.3, 0.4) is 0 Å². The Balaban J connectivity index is 2.14. The van der Waals surface area contributed by atoms with E-state index >= 15 is 0 Å². The number of phosphoric ester groups is 1. The molecule has 0 spiro atoms. The topological polar surface area (TPSA) is 184 Å². The Morgan fingerprint density at radius 1 is 1.52 bits per heavy atom. The van der Waals surface area contributed by atoms with Crippen LogP contribution >= 0.6 is 7.82 Å². The van der Waals surface area contributed by atoms with Crippen LogP contribution in [0, 0.1) is 11.3 Å². The summed E-state index contributed by atoms with van der Waals surface area (Å²) in [6.45, 7) is -0.626. The van der Waals surface area contributed by atoms with Crippen LogP contribution in [0.1, 0.15) is 11.9 Å². The Hall–Kier alpha value is -1.51. The minimum Gasteiger partial charge on any atom is -0.387 e. The molecule has 2 rings (SSSR count). The molecular weight excluding hydrogens is 307 g/mol. The van der Waals surface area contributed by atoms with Gasteiger partial charge in [-0.15, -0.1) is 0 Å². The van der Waals surface area contributed by atoms with E-state index in [9.17, 15) is 14.8 Å². The molecule has 116 valence electrons. The molecule has 0 amide bonds. The van der Waals surface area contributed by atoms with Crippen molar-refractivity contribution in [3.05, 3.63) is 12.0 Å². The number of aromatic nitrogens is 2. The molecule has 0 radical (unpaired) electrons. The molecule has 2 heterocycles. The van der Waals surface area contributed by atoms with Gasteiger partial charge in [0.25, 0.3) is 0 Å². The van der Waals surface area contributed by atoms with Gasteiger partial charge in [-0.05, 0) is 0 Å². The number of hydrogen-bond acceptors (Lipinski definition) is 8. The molecule has 11 nitrogen and oxygen atoms in total. The van der Waals surface area contributed by atoms with Crippen LogP contribution in [0.2, 0.25) is 0 Å². The van der Waals surface area contributed by atoms with E-state index in [1.54, 1.807) is 6.07 Å². The summed E-state index contributed by atoms with van der Waals surface area (Å²) >= 11 is 0. The van der Waals surface area contributed by atoms with E-state index in [1.807, 2.05) is 0 Å². The molecule has 0 unspecified atom stereocenters. The zero-order chi connectivity index (χ0) is 15.8. The van der Waals surface area contributed by atoms with Crippen LogP contribution < -0.4 is 5.73 Å². The molecule has 1 aromatic heterocycles. The Bertz CT molecular complexity index is 608. The third kappa shape index (κ3) is 3.22. The maximum absolute atomic E-state index is 10.6. The lowest BCUT2D eigenvalue weighted by Crippen LogP contribution is -2.33. The summed E-state index contributed by atoms with van der Waals surface area (Å²) in [6, 6.07) is 1.74. The largest absolute Gasteiger partial charge is 0.469 e. The van der Waals surface area contributed by atoms with Crippen LogP contribution in [-0.4, -0.2) is 54.5 Å². The molecule has 21 heavy (non-hydrogen) atoms. The summed E-state index contributed by atoms with van der Waals surface area (Å²) in [5.41, 5.74) is 5.57. The number of hydrogen-bond donors (Lipinski definition) is 5. The lowest BCUT2D eigenvalue weighted by atomic mass is 10.1. The fraction of sp³-hybridized carbons (Fsp3) is 0.556. The van der Waals surface area contributed by atoms with Crippen molar-refractivity contribution in [3.8, 4) is 6.07 Å². The van der Waals surface area contributed by atoms with Gasteiger partial charge in [-0.3, -0.25) is 9.09 Å². The summed E-state index contributed by atoms with van der Waals surface area (Å²) in [4.78, 5) is 20.9. The molecule has 4 atom stereocenters. The third-order valence-corrected chi connectivity index (χ3v) is 3.44. The van der Waals surface area contributed by atoms with Crippen molar-refractivity contribution in [3.63, 3.8) is 0 Å². The summed E-state index contributed by atoms with van der Waals surface area (Å²) < 4.78 is 21.3. The monoisotopic (exact) mass is 320 g/mol. The summed E-state index contributed by atoms with van der Waals surface area (Å²) in [7, 11) is -4.73. The van der Waals surface area contributed by atoms with Crippen molar-refractivity contribution < 1.29 is 33.8 Å². The second kappa shape index (κ2) is 5.70. The molecule has 0 aromatic carbocycles. The standard InChI is InChI=1S/C9H13N4O7P/c10-1-4-8(11)13(3-12-4)9-7(15)6(14)5(20-9)2-19-21(16,17)18/h3,5-7,9,14-15H,2,11H2,(H2,16,17,18)/t5-,6-,7-,9-/m1/s1. The van der Waals surface area contributed by atoms with Gasteiger partial charge in [0, 0.05) is 0 Å². The molecule has 0 saturated carbocycles. The summed E-state index contributed by atoms with van der Waals surface area (Å²) in [5, 5.41) is 28.5. The fourth-order valence-corrected chi connectivity index (χ4v) is 2.27. The van der Waals surface area contributed by atoms with Crippen LogP contribution in [0.4, 0.5) is 5.82 Å².